The van der Waals surface area contributed by atoms with E-state index in [1.54, 1.807) is 19.2 Å². The average Bonchev–Trinajstić information content (AvgIpc) is 2.77. The lowest BCUT2D eigenvalue weighted by Gasteiger charge is -2.15. The van der Waals surface area contributed by atoms with Gasteiger partial charge in [-0.2, -0.15) is 0 Å². The van der Waals surface area contributed by atoms with Crippen molar-refractivity contribution < 1.29 is 0 Å². The average molecular weight is 234 g/mol. The van der Waals surface area contributed by atoms with Gasteiger partial charge in [-0.25, -0.2) is 4.99 Å². The summed E-state index contributed by atoms with van der Waals surface area (Å²) in [6.45, 7) is 7.87. The maximum absolute atomic E-state index is 7.77. The van der Waals surface area contributed by atoms with E-state index in [2.05, 4.69) is 9.89 Å². The molecule has 1 aliphatic heterocycles. The molecule has 0 bridgehead atoms. The monoisotopic (exact) mass is 234 g/mol. The van der Waals surface area contributed by atoms with Crippen molar-refractivity contribution in [1.82, 2.24) is 4.90 Å². The molecule has 0 aromatic carbocycles. The first-order valence-corrected chi connectivity index (χ1v) is 5.99. The molecule has 1 heterocycles. The Labute approximate surface area is 103 Å². The molecule has 0 saturated carbocycles. The number of hydrogen-bond donors (Lipinski definition) is 2. The number of nitrogens with one attached hydrogen (secondary N) is 1. The van der Waals surface area contributed by atoms with Gasteiger partial charge in [-0.05, 0) is 45.3 Å². The van der Waals surface area contributed by atoms with Gasteiger partial charge in [0.15, 0.2) is 0 Å². The fourth-order valence-corrected chi connectivity index (χ4v) is 1.72. The third kappa shape index (κ3) is 4.43. The highest BCUT2D eigenvalue weighted by Gasteiger charge is 2.11. The Hall–Kier alpha value is -1.58. The van der Waals surface area contributed by atoms with Crippen LogP contribution in [-0.2, 0) is 0 Å². The molecular formula is C13H22N4. The zero-order chi connectivity index (χ0) is 12.8. The summed E-state index contributed by atoms with van der Waals surface area (Å²) in [7, 11) is 0. The van der Waals surface area contributed by atoms with Gasteiger partial charge in [0.2, 0.25) is 0 Å². The largest absolute Gasteiger partial charge is 0.402 e. The molecule has 0 spiro atoms. The predicted octanol–water partition coefficient (Wildman–Crippen LogP) is 2.29. The fourth-order valence-electron chi connectivity index (χ4n) is 1.72. The molecule has 4 nitrogen and oxygen atoms in total. The predicted molar refractivity (Wildman–Crippen MR) is 73.3 cm³/mol. The van der Waals surface area contributed by atoms with Crippen molar-refractivity contribution in [1.29, 1.82) is 5.41 Å². The first-order chi connectivity index (χ1) is 8.00. The minimum absolute atomic E-state index is 0.419. The Bertz CT molecular complexity index is 367. The third-order valence-corrected chi connectivity index (χ3v) is 2.81. The molecule has 0 unspecified atom stereocenters. The van der Waals surface area contributed by atoms with Crippen molar-refractivity contribution in [3.63, 3.8) is 0 Å². The minimum atomic E-state index is 0.419. The number of rotatable bonds is 3. The lowest BCUT2D eigenvalue weighted by molar-refractivity contribution is 0.516. The van der Waals surface area contributed by atoms with Gasteiger partial charge in [-0.1, -0.05) is 0 Å². The molecule has 0 aliphatic carbocycles. The topological polar surface area (TPSA) is 65.5 Å². The van der Waals surface area contributed by atoms with Crippen LogP contribution in [0.3, 0.4) is 0 Å². The number of amidine groups is 1. The van der Waals surface area contributed by atoms with Crippen LogP contribution in [0.1, 0.15) is 33.6 Å². The molecule has 0 atom stereocenters. The highest BCUT2D eigenvalue weighted by molar-refractivity contribution is 6.06. The molecule has 1 fully saturated rings. The van der Waals surface area contributed by atoms with Crippen molar-refractivity contribution in [2.45, 2.75) is 33.6 Å². The molecule has 0 amide bonds. The van der Waals surface area contributed by atoms with Crippen LogP contribution in [0.15, 0.2) is 28.5 Å². The first-order valence-electron chi connectivity index (χ1n) is 5.99. The van der Waals surface area contributed by atoms with Gasteiger partial charge in [0, 0.05) is 25.0 Å². The molecule has 0 aromatic heterocycles. The summed E-state index contributed by atoms with van der Waals surface area (Å²) in [5.41, 5.74) is 7.42. The molecule has 94 valence electrons. The van der Waals surface area contributed by atoms with Crippen LogP contribution < -0.4 is 5.73 Å². The van der Waals surface area contributed by atoms with Gasteiger partial charge in [0.05, 0.1) is 5.71 Å². The number of nitrogens with zero attached hydrogens (tertiary/aromatic N) is 2. The standard InChI is InChI=1S/C13H22N4/c1-10(13(15)8-11(2)14)9-16-12(3)17-6-4-5-7-17/h8-9,15H,4-7,14H2,1-3H3/b10-9+,11-8+,15-13?,16-12?. The van der Waals surface area contributed by atoms with E-state index in [1.165, 1.54) is 12.8 Å². The fraction of sp³-hybridized carbons (Fsp3) is 0.538. The number of hydrogen-bond acceptors (Lipinski definition) is 3. The smallest absolute Gasteiger partial charge is 0.101 e. The van der Waals surface area contributed by atoms with Crippen molar-refractivity contribution >= 4 is 11.5 Å². The summed E-state index contributed by atoms with van der Waals surface area (Å²) >= 11 is 0. The molecule has 0 radical (unpaired) electrons. The molecule has 4 heteroatoms. The van der Waals surface area contributed by atoms with Crippen LogP contribution in [-0.4, -0.2) is 29.5 Å². The van der Waals surface area contributed by atoms with Crippen LogP contribution >= 0.6 is 0 Å². The Morgan fingerprint density at radius 1 is 1.24 bits per heavy atom. The van der Waals surface area contributed by atoms with E-state index < -0.39 is 0 Å². The summed E-state index contributed by atoms with van der Waals surface area (Å²) in [5, 5.41) is 7.77. The zero-order valence-electron chi connectivity index (χ0n) is 11.0. The summed E-state index contributed by atoms with van der Waals surface area (Å²) in [4.78, 5) is 6.68. The number of nitrogens with two attached hydrogens (primary N) is 1. The zero-order valence-corrected chi connectivity index (χ0v) is 11.0. The molecule has 17 heavy (non-hydrogen) atoms. The van der Waals surface area contributed by atoms with E-state index in [9.17, 15) is 0 Å². The number of allylic oxidation sites excluding steroid dienone is 3. The Morgan fingerprint density at radius 3 is 2.35 bits per heavy atom. The van der Waals surface area contributed by atoms with Crippen molar-refractivity contribution in [2.75, 3.05) is 13.1 Å². The van der Waals surface area contributed by atoms with E-state index in [0.717, 1.165) is 24.5 Å². The van der Waals surface area contributed by atoms with E-state index in [1.807, 2.05) is 13.8 Å². The van der Waals surface area contributed by atoms with E-state index in [4.69, 9.17) is 11.1 Å². The molecule has 1 aliphatic rings. The first kappa shape index (κ1) is 13.5. The van der Waals surface area contributed by atoms with Crippen LogP contribution in [0, 0.1) is 5.41 Å². The lowest BCUT2D eigenvalue weighted by atomic mass is 10.2. The highest BCUT2D eigenvalue weighted by atomic mass is 15.2. The van der Waals surface area contributed by atoms with Crippen molar-refractivity contribution in [2.24, 2.45) is 10.7 Å². The van der Waals surface area contributed by atoms with Crippen molar-refractivity contribution in [3.8, 4) is 0 Å². The van der Waals surface area contributed by atoms with Crippen LogP contribution in [0.4, 0.5) is 0 Å². The summed E-state index contributed by atoms with van der Waals surface area (Å²) in [6, 6.07) is 0. The van der Waals surface area contributed by atoms with Crippen molar-refractivity contribution in [3.05, 3.63) is 23.5 Å². The van der Waals surface area contributed by atoms with E-state index in [-0.39, 0.29) is 0 Å². The summed E-state index contributed by atoms with van der Waals surface area (Å²) in [6.07, 6.45) is 5.89. The summed E-state index contributed by atoms with van der Waals surface area (Å²) in [5.74, 6) is 1.03. The second-order valence-electron chi connectivity index (χ2n) is 4.48. The maximum atomic E-state index is 7.77. The van der Waals surface area contributed by atoms with Gasteiger partial charge in [0.1, 0.15) is 5.84 Å². The van der Waals surface area contributed by atoms with E-state index >= 15 is 0 Å². The second-order valence-corrected chi connectivity index (χ2v) is 4.48. The van der Waals surface area contributed by atoms with Gasteiger partial charge < -0.3 is 16.0 Å². The Kier molecular flexibility index (Phi) is 4.94. The minimum Gasteiger partial charge on any atom is -0.402 e. The normalized spacial score (nSPS) is 18.8. The van der Waals surface area contributed by atoms with Crippen LogP contribution in [0.25, 0.3) is 0 Å². The quantitative estimate of drug-likeness (QED) is 0.581. The number of likely N-dealkylation sites (tertiary alicyclic amines) is 1. The molecule has 1 rings (SSSR count). The van der Waals surface area contributed by atoms with Crippen LogP contribution in [0.2, 0.25) is 0 Å². The van der Waals surface area contributed by atoms with Gasteiger partial charge >= 0.3 is 0 Å². The maximum Gasteiger partial charge on any atom is 0.101 e. The SMILES string of the molecule is CC(=N/C=C(\C)C(=N)/C=C(\C)N)N1CCCC1. The molecule has 0 aromatic rings. The van der Waals surface area contributed by atoms with Gasteiger partial charge in [-0.3, -0.25) is 0 Å². The Morgan fingerprint density at radius 2 is 1.82 bits per heavy atom. The lowest BCUT2D eigenvalue weighted by Crippen LogP contribution is -2.24. The molecule has 1 saturated heterocycles. The second kappa shape index (κ2) is 6.23. The van der Waals surface area contributed by atoms with E-state index in [0.29, 0.717) is 11.4 Å². The van der Waals surface area contributed by atoms with Crippen LogP contribution in [0.5, 0.6) is 0 Å². The molecular weight excluding hydrogens is 212 g/mol. The Balaban J connectivity index is 2.65. The molecule has 3 N–H and O–H groups in total. The third-order valence-electron chi connectivity index (χ3n) is 2.81. The highest BCUT2D eigenvalue weighted by Crippen LogP contribution is 2.08. The summed E-state index contributed by atoms with van der Waals surface area (Å²) < 4.78 is 0. The van der Waals surface area contributed by atoms with Gasteiger partial charge in [-0.15, -0.1) is 0 Å². The number of aliphatic imine (C=N–C) groups is 1. The van der Waals surface area contributed by atoms with Gasteiger partial charge in [0.25, 0.3) is 0 Å².